The van der Waals surface area contributed by atoms with Gasteiger partial charge in [0.15, 0.2) is 0 Å². The molecular weight excluding hydrogens is 244 g/mol. The van der Waals surface area contributed by atoms with Crippen LogP contribution < -0.4 is 10.6 Å². The largest absolute Gasteiger partial charge is 0.397 e. The van der Waals surface area contributed by atoms with E-state index in [1.165, 1.54) is 11.1 Å². The summed E-state index contributed by atoms with van der Waals surface area (Å²) in [6.45, 7) is 4.17. The van der Waals surface area contributed by atoms with E-state index in [1.807, 2.05) is 19.2 Å². The molecule has 0 aliphatic carbocycles. The number of benzene rings is 2. The van der Waals surface area contributed by atoms with Crippen molar-refractivity contribution in [2.45, 2.75) is 13.8 Å². The monoisotopic (exact) mass is 260 g/mol. The Kier molecular flexibility index (Phi) is 3.48. The number of halogens is 1. The van der Waals surface area contributed by atoms with Gasteiger partial charge in [0.25, 0.3) is 0 Å². The van der Waals surface area contributed by atoms with Gasteiger partial charge in [-0.1, -0.05) is 23.7 Å². The predicted octanol–water partition coefficient (Wildman–Crippen LogP) is 4.31. The molecule has 0 heterocycles. The van der Waals surface area contributed by atoms with Crippen molar-refractivity contribution in [1.82, 2.24) is 0 Å². The Labute approximate surface area is 113 Å². The minimum atomic E-state index is 0.691. The van der Waals surface area contributed by atoms with Crippen molar-refractivity contribution in [3.8, 4) is 0 Å². The van der Waals surface area contributed by atoms with Gasteiger partial charge in [-0.15, -0.1) is 0 Å². The summed E-state index contributed by atoms with van der Waals surface area (Å²) >= 11 is 6.04. The summed E-state index contributed by atoms with van der Waals surface area (Å²) in [5, 5.41) is 0.691. The fourth-order valence-electron chi connectivity index (χ4n) is 2.02. The maximum atomic E-state index is 6.04. The van der Waals surface area contributed by atoms with E-state index in [0.717, 1.165) is 17.1 Å². The lowest BCUT2D eigenvalue weighted by Crippen LogP contribution is -2.13. The van der Waals surface area contributed by atoms with Crippen LogP contribution in [0.5, 0.6) is 0 Å². The fourth-order valence-corrected chi connectivity index (χ4v) is 2.18. The molecule has 2 aromatic rings. The summed E-state index contributed by atoms with van der Waals surface area (Å²) < 4.78 is 0. The summed E-state index contributed by atoms with van der Waals surface area (Å²) in [4.78, 5) is 2.07. The van der Waals surface area contributed by atoms with E-state index in [9.17, 15) is 0 Å². The van der Waals surface area contributed by atoms with Crippen LogP contribution in [0.25, 0.3) is 0 Å². The minimum absolute atomic E-state index is 0.691. The van der Waals surface area contributed by atoms with E-state index in [-0.39, 0.29) is 0 Å². The number of hydrogen-bond donors (Lipinski definition) is 1. The molecule has 0 saturated heterocycles. The number of aryl methyl sites for hydroxylation is 2. The zero-order valence-corrected chi connectivity index (χ0v) is 11.6. The van der Waals surface area contributed by atoms with E-state index in [2.05, 4.69) is 36.9 Å². The lowest BCUT2D eigenvalue weighted by molar-refractivity contribution is 1.18. The van der Waals surface area contributed by atoms with Gasteiger partial charge in [-0.2, -0.15) is 0 Å². The van der Waals surface area contributed by atoms with Gasteiger partial charge in [0, 0.05) is 17.8 Å². The molecule has 2 N–H and O–H groups in total. The minimum Gasteiger partial charge on any atom is -0.397 e. The van der Waals surface area contributed by atoms with E-state index < -0.39 is 0 Å². The third kappa shape index (κ3) is 2.44. The van der Waals surface area contributed by atoms with E-state index in [0.29, 0.717) is 5.02 Å². The highest BCUT2D eigenvalue weighted by Gasteiger charge is 2.10. The molecule has 0 aromatic heterocycles. The van der Waals surface area contributed by atoms with E-state index >= 15 is 0 Å². The van der Waals surface area contributed by atoms with Crippen molar-refractivity contribution in [2.24, 2.45) is 0 Å². The zero-order chi connectivity index (χ0) is 13.3. The average Bonchev–Trinajstić information content (AvgIpc) is 2.34. The standard InChI is InChI=1S/C15H17ClN2/c1-10-4-5-11(2)14(8-10)18(3)15-9-12(16)6-7-13(15)17/h4-9H,17H2,1-3H3. The van der Waals surface area contributed by atoms with Gasteiger partial charge in [-0.3, -0.25) is 0 Å². The SMILES string of the molecule is Cc1ccc(C)c(N(C)c2cc(Cl)ccc2N)c1. The van der Waals surface area contributed by atoms with Crippen molar-refractivity contribution in [3.05, 3.63) is 52.5 Å². The molecule has 94 valence electrons. The smallest absolute Gasteiger partial charge is 0.0656 e. The van der Waals surface area contributed by atoms with E-state index in [4.69, 9.17) is 17.3 Å². The molecule has 0 unspecified atom stereocenters. The molecule has 0 spiro atoms. The molecule has 3 heteroatoms. The van der Waals surface area contributed by atoms with Crippen molar-refractivity contribution in [1.29, 1.82) is 0 Å². The molecule has 0 aliphatic rings. The Bertz CT molecular complexity index is 527. The van der Waals surface area contributed by atoms with Crippen LogP contribution in [-0.2, 0) is 0 Å². The van der Waals surface area contributed by atoms with Crippen LogP contribution in [0.4, 0.5) is 17.1 Å². The number of nitrogen functional groups attached to an aromatic ring is 1. The quantitative estimate of drug-likeness (QED) is 0.816. The molecule has 2 aromatic carbocycles. The first kappa shape index (κ1) is 12.8. The van der Waals surface area contributed by atoms with Gasteiger partial charge in [-0.05, 0) is 49.2 Å². The number of nitrogens with two attached hydrogens (primary N) is 1. The van der Waals surface area contributed by atoms with Crippen LogP contribution in [-0.4, -0.2) is 7.05 Å². The van der Waals surface area contributed by atoms with E-state index in [1.54, 1.807) is 6.07 Å². The maximum Gasteiger partial charge on any atom is 0.0656 e. The lowest BCUT2D eigenvalue weighted by atomic mass is 10.1. The van der Waals surface area contributed by atoms with Crippen molar-refractivity contribution >= 4 is 28.7 Å². The zero-order valence-electron chi connectivity index (χ0n) is 10.9. The highest BCUT2D eigenvalue weighted by Crippen LogP contribution is 2.33. The number of nitrogens with zero attached hydrogens (tertiary/aromatic N) is 1. The summed E-state index contributed by atoms with van der Waals surface area (Å²) in [5.41, 5.74) is 11.2. The molecule has 0 amide bonds. The molecular formula is C15H17ClN2. The second-order valence-electron chi connectivity index (χ2n) is 4.55. The first-order chi connectivity index (χ1) is 8.49. The highest BCUT2D eigenvalue weighted by molar-refractivity contribution is 6.31. The molecule has 0 atom stereocenters. The van der Waals surface area contributed by atoms with Gasteiger partial charge in [-0.25, -0.2) is 0 Å². The first-order valence-corrected chi connectivity index (χ1v) is 6.23. The van der Waals surface area contributed by atoms with Gasteiger partial charge in [0.1, 0.15) is 0 Å². The predicted molar refractivity (Wildman–Crippen MR) is 79.8 cm³/mol. The van der Waals surface area contributed by atoms with Crippen LogP contribution in [0.1, 0.15) is 11.1 Å². The van der Waals surface area contributed by atoms with Crippen LogP contribution >= 0.6 is 11.6 Å². The Balaban J connectivity index is 2.50. The number of hydrogen-bond acceptors (Lipinski definition) is 2. The number of anilines is 3. The molecule has 0 radical (unpaired) electrons. The number of rotatable bonds is 2. The summed E-state index contributed by atoms with van der Waals surface area (Å²) in [5.74, 6) is 0. The van der Waals surface area contributed by atoms with Gasteiger partial charge in [0.05, 0.1) is 11.4 Å². The lowest BCUT2D eigenvalue weighted by Gasteiger charge is -2.23. The highest BCUT2D eigenvalue weighted by atomic mass is 35.5. The first-order valence-electron chi connectivity index (χ1n) is 5.85. The van der Waals surface area contributed by atoms with Crippen LogP contribution in [0.15, 0.2) is 36.4 Å². The van der Waals surface area contributed by atoms with Crippen LogP contribution in [0.3, 0.4) is 0 Å². The Morgan fingerprint density at radius 1 is 1.00 bits per heavy atom. The van der Waals surface area contributed by atoms with Gasteiger partial charge < -0.3 is 10.6 Å². The molecule has 2 rings (SSSR count). The van der Waals surface area contributed by atoms with Crippen LogP contribution in [0, 0.1) is 13.8 Å². The summed E-state index contributed by atoms with van der Waals surface area (Å²) in [7, 11) is 2.00. The topological polar surface area (TPSA) is 29.3 Å². The normalized spacial score (nSPS) is 10.4. The second kappa shape index (κ2) is 4.91. The van der Waals surface area contributed by atoms with Gasteiger partial charge >= 0.3 is 0 Å². The van der Waals surface area contributed by atoms with Crippen molar-refractivity contribution in [2.75, 3.05) is 17.7 Å². The van der Waals surface area contributed by atoms with Gasteiger partial charge in [0.2, 0.25) is 0 Å². The third-order valence-corrected chi connectivity index (χ3v) is 3.31. The molecule has 0 aliphatic heterocycles. The Morgan fingerprint density at radius 3 is 2.44 bits per heavy atom. The molecule has 0 bridgehead atoms. The Hall–Kier alpha value is -1.67. The Morgan fingerprint density at radius 2 is 1.72 bits per heavy atom. The molecule has 0 saturated carbocycles. The third-order valence-electron chi connectivity index (χ3n) is 3.08. The fraction of sp³-hybridized carbons (Fsp3) is 0.200. The van der Waals surface area contributed by atoms with Crippen LogP contribution in [0.2, 0.25) is 5.02 Å². The summed E-state index contributed by atoms with van der Waals surface area (Å²) in [6.07, 6.45) is 0. The van der Waals surface area contributed by atoms with Crippen molar-refractivity contribution in [3.63, 3.8) is 0 Å². The average molecular weight is 261 g/mol. The second-order valence-corrected chi connectivity index (χ2v) is 4.99. The maximum absolute atomic E-state index is 6.04. The summed E-state index contributed by atoms with van der Waals surface area (Å²) in [6, 6.07) is 11.9. The molecule has 0 fully saturated rings. The van der Waals surface area contributed by atoms with Crippen molar-refractivity contribution < 1.29 is 0 Å². The molecule has 18 heavy (non-hydrogen) atoms. The molecule has 2 nitrogen and oxygen atoms in total.